The minimum absolute atomic E-state index is 0.0627. The largest absolute Gasteiger partial charge is 0.416 e. The summed E-state index contributed by atoms with van der Waals surface area (Å²) >= 11 is 0. The first kappa shape index (κ1) is 31.4. The number of nitrogens with one attached hydrogen (secondary N) is 1. The van der Waals surface area contributed by atoms with Crippen LogP contribution >= 0.6 is 0 Å². The number of aryl methyl sites for hydroxylation is 1. The van der Waals surface area contributed by atoms with Crippen molar-refractivity contribution in [3.63, 3.8) is 0 Å². The molecule has 1 aliphatic carbocycles. The maximum Gasteiger partial charge on any atom is 0.416 e. The fraction of sp³-hybridized carbons (Fsp3) is 0.517. The smallest absolute Gasteiger partial charge is 0.352 e. The number of hydrogen-bond donors (Lipinski definition) is 1. The molecule has 0 spiro atoms. The second-order valence-electron chi connectivity index (χ2n) is 10.4. The average Bonchev–Trinajstić information content (AvgIpc) is 3.39. The Bertz CT molecular complexity index is 1260. The van der Waals surface area contributed by atoms with Gasteiger partial charge >= 0.3 is 6.18 Å². The zero-order valence-corrected chi connectivity index (χ0v) is 24.0. The molecule has 2 amide bonds. The Morgan fingerprint density at radius 1 is 1.07 bits per heavy atom. The van der Waals surface area contributed by atoms with Gasteiger partial charge in [0.2, 0.25) is 21.8 Å². The number of amides is 2. The molecule has 7 nitrogen and oxygen atoms in total. The highest BCUT2D eigenvalue weighted by molar-refractivity contribution is 7.92. The Hall–Kier alpha value is -3.08. The van der Waals surface area contributed by atoms with Crippen LogP contribution in [0.5, 0.6) is 0 Å². The van der Waals surface area contributed by atoms with Gasteiger partial charge in [-0.05, 0) is 56.4 Å². The van der Waals surface area contributed by atoms with Crippen molar-refractivity contribution in [1.82, 2.24) is 10.2 Å². The summed E-state index contributed by atoms with van der Waals surface area (Å²) in [5, 5.41) is 3.08. The van der Waals surface area contributed by atoms with E-state index in [1.165, 1.54) is 11.0 Å². The lowest BCUT2D eigenvalue weighted by molar-refractivity contribution is -0.141. The van der Waals surface area contributed by atoms with Gasteiger partial charge < -0.3 is 10.2 Å². The van der Waals surface area contributed by atoms with Gasteiger partial charge in [0, 0.05) is 25.6 Å². The van der Waals surface area contributed by atoms with Crippen molar-refractivity contribution in [3.8, 4) is 0 Å². The number of benzene rings is 2. The summed E-state index contributed by atoms with van der Waals surface area (Å²) in [7, 11) is -3.92. The number of nitrogens with zero attached hydrogens (tertiary/aromatic N) is 2. The van der Waals surface area contributed by atoms with E-state index in [9.17, 15) is 31.2 Å². The fourth-order valence-corrected chi connectivity index (χ4v) is 5.98. The third-order valence-electron chi connectivity index (χ3n) is 7.17. The van der Waals surface area contributed by atoms with Gasteiger partial charge in [0.25, 0.3) is 0 Å². The number of alkyl halides is 3. The topological polar surface area (TPSA) is 86.8 Å². The van der Waals surface area contributed by atoms with Crippen LogP contribution in [0.4, 0.5) is 18.9 Å². The highest BCUT2D eigenvalue weighted by Gasteiger charge is 2.33. The van der Waals surface area contributed by atoms with Crippen LogP contribution < -0.4 is 9.62 Å². The third kappa shape index (κ3) is 8.71. The molecule has 0 saturated heterocycles. The van der Waals surface area contributed by atoms with Gasteiger partial charge in [-0.3, -0.25) is 13.9 Å². The fourth-order valence-electron chi connectivity index (χ4n) is 5.02. The summed E-state index contributed by atoms with van der Waals surface area (Å²) in [5.41, 5.74) is 0.831. The Kier molecular flexibility index (Phi) is 10.6. The van der Waals surface area contributed by atoms with Crippen LogP contribution in [-0.2, 0) is 32.3 Å². The van der Waals surface area contributed by atoms with Crippen molar-refractivity contribution >= 4 is 27.5 Å². The molecule has 1 N–H and O–H groups in total. The van der Waals surface area contributed by atoms with E-state index in [1.54, 1.807) is 0 Å². The summed E-state index contributed by atoms with van der Waals surface area (Å²) in [6, 6.07) is 11.1. The van der Waals surface area contributed by atoms with E-state index in [2.05, 4.69) is 5.32 Å². The highest BCUT2D eigenvalue weighted by atomic mass is 32.2. The maximum absolute atomic E-state index is 13.5. The molecule has 220 valence electrons. The van der Waals surface area contributed by atoms with Crippen LogP contribution in [0.25, 0.3) is 0 Å². The predicted molar refractivity (Wildman–Crippen MR) is 149 cm³/mol. The molecule has 0 aromatic heterocycles. The molecule has 40 heavy (non-hydrogen) atoms. The highest BCUT2D eigenvalue weighted by Crippen LogP contribution is 2.32. The van der Waals surface area contributed by atoms with Crippen LogP contribution in [0.3, 0.4) is 0 Å². The first-order chi connectivity index (χ1) is 18.8. The average molecular weight is 582 g/mol. The standard InChI is InChI=1S/C29H38F3N3O4S/c1-4-26(28(37)33-24-10-5-6-11-24)34(20-22-16-14-21(2)15-17-22)27(36)13-8-18-35(40(3,38)39)25-12-7-9-23(19-25)29(30,31)32/h7,9,12,14-17,19,24,26H,4-6,8,10-11,13,18,20H2,1-3H3,(H,33,37). The molecular formula is C29H38F3N3O4S. The van der Waals surface area contributed by atoms with Crippen molar-refractivity contribution in [1.29, 1.82) is 0 Å². The summed E-state index contributed by atoms with van der Waals surface area (Å²) < 4.78 is 65.5. The lowest BCUT2D eigenvalue weighted by Crippen LogP contribution is -2.51. The van der Waals surface area contributed by atoms with Crippen LogP contribution in [0.1, 0.15) is 68.6 Å². The molecule has 2 aromatic rings. The van der Waals surface area contributed by atoms with Crippen LogP contribution in [0.2, 0.25) is 0 Å². The number of sulfonamides is 1. The number of halogens is 3. The third-order valence-corrected chi connectivity index (χ3v) is 8.37. The van der Waals surface area contributed by atoms with E-state index in [0.29, 0.717) is 6.42 Å². The molecule has 0 radical (unpaired) electrons. The Morgan fingerprint density at radius 2 is 1.73 bits per heavy atom. The van der Waals surface area contributed by atoms with Crippen LogP contribution in [-0.4, -0.2) is 50.0 Å². The number of anilines is 1. The van der Waals surface area contributed by atoms with E-state index >= 15 is 0 Å². The van der Waals surface area contributed by atoms with Crippen molar-refractivity contribution in [2.24, 2.45) is 0 Å². The second kappa shape index (κ2) is 13.5. The molecule has 1 aliphatic rings. The molecule has 0 aliphatic heterocycles. The minimum atomic E-state index is -4.63. The van der Waals surface area contributed by atoms with Crippen molar-refractivity contribution in [3.05, 3.63) is 65.2 Å². The first-order valence-corrected chi connectivity index (χ1v) is 15.4. The number of rotatable bonds is 12. The SMILES string of the molecule is CCC(C(=O)NC1CCCC1)N(Cc1ccc(C)cc1)C(=O)CCCN(c1cccc(C(F)(F)F)c1)S(C)(=O)=O. The van der Waals surface area contributed by atoms with E-state index in [4.69, 9.17) is 0 Å². The van der Waals surface area contributed by atoms with Gasteiger partial charge in [0.1, 0.15) is 6.04 Å². The van der Waals surface area contributed by atoms with E-state index in [1.807, 2.05) is 38.1 Å². The van der Waals surface area contributed by atoms with Gasteiger partial charge in [-0.1, -0.05) is 55.7 Å². The minimum Gasteiger partial charge on any atom is -0.352 e. The van der Waals surface area contributed by atoms with Gasteiger partial charge in [-0.15, -0.1) is 0 Å². The lowest BCUT2D eigenvalue weighted by atomic mass is 10.1. The lowest BCUT2D eigenvalue weighted by Gasteiger charge is -2.32. The molecule has 2 aromatic carbocycles. The summed E-state index contributed by atoms with van der Waals surface area (Å²) in [6.07, 6.45) is 0.592. The van der Waals surface area contributed by atoms with Crippen molar-refractivity contribution < 1.29 is 31.2 Å². The van der Waals surface area contributed by atoms with Crippen molar-refractivity contribution in [2.75, 3.05) is 17.1 Å². The van der Waals surface area contributed by atoms with Crippen LogP contribution in [0, 0.1) is 6.92 Å². The molecule has 0 heterocycles. The van der Waals surface area contributed by atoms with E-state index in [0.717, 1.165) is 65.6 Å². The summed E-state index contributed by atoms with van der Waals surface area (Å²) in [5.74, 6) is -0.539. The molecule has 3 rings (SSSR count). The molecule has 1 atom stereocenters. The van der Waals surface area contributed by atoms with Gasteiger partial charge in [0.15, 0.2) is 0 Å². The van der Waals surface area contributed by atoms with Gasteiger partial charge in [-0.2, -0.15) is 13.2 Å². The van der Waals surface area contributed by atoms with Crippen molar-refractivity contribution in [2.45, 2.75) is 83.6 Å². The van der Waals surface area contributed by atoms with Crippen LogP contribution in [0.15, 0.2) is 48.5 Å². The molecule has 1 saturated carbocycles. The summed E-state index contributed by atoms with van der Waals surface area (Å²) in [6.45, 7) is 3.82. The van der Waals surface area contributed by atoms with Gasteiger partial charge in [0.05, 0.1) is 17.5 Å². The van der Waals surface area contributed by atoms with E-state index < -0.39 is 27.8 Å². The Labute approximate surface area is 234 Å². The monoisotopic (exact) mass is 581 g/mol. The predicted octanol–water partition coefficient (Wildman–Crippen LogP) is 5.43. The maximum atomic E-state index is 13.5. The number of hydrogen-bond acceptors (Lipinski definition) is 4. The number of carbonyl (C=O) groups is 2. The zero-order chi connectivity index (χ0) is 29.5. The van der Waals surface area contributed by atoms with E-state index in [-0.39, 0.29) is 49.5 Å². The second-order valence-corrected chi connectivity index (χ2v) is 12.3. The molecular weight excluding hydrogens is 543 g/mol. The molecule has 11 heteroatoms. The Morgan fingerprint density at radius 3 is 2.30 bits per heavy atom. The zero-order valence-electron chi connectivity index (χ0n) is 23.2. The molecule has 1 unspecified atom stereocenters. The first-order valence-electron chi connectivity index (χ1n) is 13.6. The quantitative estimate of drug-likeness (QED) is 0.362. The molecule has 1 fully saturated rings. The Balaban J connectivity index is 1.77. The normalized spacial score (nSPS) is 15.1. The molecule has 0 bridgehead atoms. The number of carbonyl (C=O) groups excluding carboxylic acids is 2. The summed E-state index contributed by atoms with van der Waals surface area (Å²) in [4.78, 5) is 28.3. The van der Waals surface area contributed by atoms with Gasteiger partial charge in [-0.25, -0.2) is 8.42 Å².